The fourth-order valence-corrected chi connectivity index (χ4v) is 1.59. The van der Waals surface area contributed by atoms with Crippen LogP contribution < -0.4 is 10.5 Å². The van der Waals surface area contributed by atoms with Crippen molar-refractivity contribution in [2.75, 3.05) is 6.61 Å². The number of halogens is 3. The Kier molecular flexibility index (Phi) is 3.24. The molecule has 2 N–H and O–H groups in total. The van der Waals surface area contributed by atoms with Crippen molar-refractivity contribution in [2.45, 2.75) is 25.1 Å². The Hall–Kier alpha value is -1.30. The van der Waals surface area contributed by atoms with E-state index in [1.54, 1.807) is 6.07 Å². The molecule has 17 heavy (non-hydrogen) atoms. The highest BCUT2D eigenvalue weighted by atomic mass is 19.4. The zero-order chi connectivity index (χ0) is 12.5. The molecule has 1 unspecified atom stereocenters. The van der Waals surface area contributed by atoms with E-state index in [4.69, 9.17) is 5.73 Å². The molecule has 94 valence electrons. The van der Waals surface area contributed by atoms with E-state index in [1.807, 2.05) is 0 Å². The third kappa shape index (κ3) is 3.59. The van der Waals surface area contributed by atoms with Gasteiger partial charge in [-0.25, -0.2) is 4.98 Å². The molecule has 6 heteroatoms. The van der Waals surface area contributed by atoms with Crippen LogP contribution in [0.3, 0.4) is 0 Å². The van der Waals surface area contributed by atoms with Crippen molar-refractivity contribution in [1.82, 2.24) is 4.98 Å². The van der Waals surface area contributed by atoms with Gasteiger partial charge in [0.25, 0.3) is 0 Å². The van der Waals surface area contributed by atoms with E-state index >= 15 is 0 Å². The lowest BCUT2D eigenvalue weighted by Crippen LogP contribution is -2.20. The number of rotatable bonds is 4. The predicted molar refractivity (Wildman–Crippen MR) is 55.4 cm³/mol. The highest BCUT2D eigenvalue weighted by molar-refractivity contribution is 5.24. The molecular weight excluding hydrogens is 233 g/mol. The lowest BCUT2D eigenvalue weighted by atomic mass is 10.1. The van der Waals surface area contributed by atoms with Crippen LogP contribution in [-0.2, 0) is 0 Å². The van der Waals surface area contributed by atoms with Crippen LogP contribution in [0.1, 0.15) is 24.4 Å². The predicted octanol–water partition coefficient (Wildman–Crippen LogP) is 2.43. The number of ether oxygens (including phenoxy) is 1. The van der Waals surface area contributed by atoms with Gasteiger partial charge in [0.15, 0.2) is 6.61 Å². The number of pyridine rings is 1. The van der Waals surface area contributed by atoms with Crippen molar-refractivity contribution in [3.05, 3.63) is 23.9 Å². The highest BCUT2D eigenvalue weighted by Gasteiger charge is 2.31. The third-order valence-electron chi connectivity index (χ3n) is 2.66. The van der Waals surface area contributed by atoms with Crippen LogP contribution in [0.25, 0.3) is 0 Å². The van der Waals surface area contributed by atoms with Crippen LogP contribution in [0, 0.1) is 5.92 Å². The van der Waals surface area contributed by atoms with Crippen molar-refractivity contribution in [3.8, 4) is 5.88 Å². The molecule has 1 aromatic rings. The summed E-state index contributed by atoms with van der Waals surface area (Å²) in [5, 5.41) is 0. The molecule has 1 fully saturated rings. The van der Waals surface area contributed by atoms with Gasteiger partial charge in [-0.15, -0.1) is 0 Å². The summed E-state index contributed by atoms with van der Waals surface area (Å²) in [6.07, 6.45) is -0.788. The second-order valence-electron chi connectivity index (χ2n) is 4.19. The summed E-state index contributed by atoms with van der Waals surface area (Å²) in [4.78, 5) is 3.73. The van der Waals surface area contributed by atoms with Crippen molar-refractivity contribution < 1.29 is 17.9 Å². The van der Waals surface area contributed by atoms with Gasteiger partial charge in [0, 0.05) is 18.3 Å². The Morgan fingerprint density at radius 1 is 1.47 bits per heavy atom. The highest BCUT2D eigenvalue weighted by Crippen LogP contribution is 2.39. The number of alkyl halides is 3. The molecule has 1 aromatic heterocycles. The molecule has 1 atom stereocenters. The smallest absolute Gasteiger partial charge is 0.422 e. The van der Waals surface area contributed by atoms with Gasteiger partial charge in [-0.2, -0.15) is 13.2 Å². The average molecular weight is 246 g/mol. The molecule has 0 aromatic carbocycles. The van der Waals surface area contributed by atoms with E-state index in [2.05, 4.69) is 9.72 Å². The Morgan fingerprint density at radius 3 is 2.76 bits per heavy atom. The number of hydrogen-bond acceptors (Lipinski definition) is 3. The Labute approximate surface area is 96.8 Å². The zero-order valence-electron chi connectivity index (χ0n) is 9.07. The second-order valence-corrected chi connectivity index (χ2v) is 4.19. The molecule has 2 rings (SSSR count). The van der Waals surface area contributed by atoms with Crippen LogP contribution >= 0.6 is 0 Å². The Balaban J connectivity index is 2.01. The minimum Gasteiger partial charge on any atom is -0.468 e. The molecule has 0 bridgehead atoms. The maximum Gasteiger partial charge on any atom is 0.422 e. The second kappa shape index (κ2) is 4.52. The van der Waals surface area contributed by atoms with Gasteiger partial charge in [0.1, 0.15) is 0 Å². The van der Waals surface area contributed by atoms with Crippen molar-refractivity contribution in [1.29, 1.82) is 0 Å². The Bertz CT molecular complexity index is 391. The molecule has 0 aliphatic heterocycles. The zero-order valence-corrected chi connectivity index (χ0v) is 9.07. The minimum absolute atomic E-state index is 0.0316. The maximum atomic E-state index is 12.0. The number of nitrogens with zero attached hydrogens (tertiary/aromatic N) is 1. The topological polar surface area (TPSA) is 48.1 Å². The first-order valence-electron chi connectivity index (χ1n) is 5.37. The normalized spacial score (nSPS) is 17.9. The van der Waals surface area contributed by atoms with Crippen molar-refractivity contribution in [3.63, 3.8) is 0 Å². The van der Waals surface area contributed by atoms with Crippen molar-refractivity contribution >= 4 is 0 Å². The SMILES string of the molecule is NC(c1ccnc(OCC(F)(F)F)c1)C1CC1. The summed E-state index contributed by atoms with van der Waals surface area (Å²) in [6, 6.07) is 3.06. The average Bonchev–Trinajstić information content (AvgIpc) is 3.09. The van der Waals surface area contributed by atoms with E-state index in [1.165, 1.54) is 12.3 Å². The van der Waals surface area contributed by atoms with E-state index < -0.39 is 12.8 Å². The first-order chi connectivity index (χ1) is 7.96. The van der Waals surface area contributed by atoms with Gasteiger partial charge in [-0.3, -0.25) is 0 Å². The molecule has 1 aliphatic rings. The number of nitrogens with two attached hydrogens (primary N) is 1. The fraction of sp³-hybridized carbons (Fsp3) is 0.545. The van der Waals surface area contributed by atoms with Crippen LogP contribution in [0.15, 0.2) is 18.3 Å². The molecular formula is C11H13F3N2O. The van der Waals surface area contributed by atoms with Gasteiger partial charge in [-0.1, -0.05) is 0 Å². The van der Waals surface area contributed by atoms with Gasteiger partial charge in [0.2, 0.25) is 5.88 Å². The van der Waals surface area contributed by atoms with Crippen molar-refractivity contribution in [2.24, 2.45) is 11.7 Å². The minimum atomic E-state index is -4.35. The van der Waals surface area contributed by atoms with Crippen LogP contribution in [0.2, 0.25) is 0 Å². The third-order valence-corrected chi connectivity index (χ3v) is 2.66. The molecule has 0 spiro atoms. The molecule has 0 amide bonds. The molecule has 3 nitrogen and oxygen atoms in total. The summed E-state index contributed by atoms with van der Waals surface area (Å²) >= 11 is 0. The van der Waals surface area contributed by atoms with Crippen LogP contribution in [-0.4, -0.2) is 17.8 Å². The van der Waals surface area contributed by atoms with Gasteiger partial charge in [-0.05, 0) is 30.4 Å². The molecule has 0 saturated heterocycles. The van der Waals surface area contributed by atoms with Gasteiger partial charge < -0.3 is 10.5 Å². The van der Waals surface area contributed by atoms with Crippen LogP contribution in [0.4, 0.5) is 13.2 Å². The first-order valence-corrected chi connectivity index (χ1v) is 5.37. The van der Waals surface area contributed by atoms with Crippen LogP contribution in [0.5, 0.6) is 5.88 Å². The quantitative estimate of drug-likeness (QED) is 0.887. The molecule has 1 saturated carbocycles. The summed E-state index contributed by atoms with van der Waals surface area (Å²) < 4.78 is 40.5. The van der Waals surface area contributed by atoms with Gasteiger partial charge in [0.05, 0.1) is 0 Å². The lowest BCUT2D eigenvalue weighted by Gasteiger charge is -2.12. The van der Waals surface area contributed by atoms with E-state index in [9.17, 15) is 13.2 Å². The summed E-state index contributed by atoms with van der Waals surface area (Å²) in [7, 11) is 0. The molecule has 1 aliphatic carbocycles. The van der Waals surface area contributed by atoms with E-state index in [-0.39, 0.29) is 11.9 Å². The number of hydrogen-bond donors (Lipinski definition) is 1. The van der Waals surface area contributed by atoms with Gasteiger partial charge >= 0.3 is 6.18 Å². The largest absolute Gasteiger partial charge is 0.468 e. The lowest BCUT2D eigenvalue weighted by molar-refractivity contribution is -0.154. The monoisotopic (exact) mass is 246 g/mol. The Morgan fingerprint density at radius 2 is 2.18 bits per heavy atom. The first kappa shape index (κ1) is 12.2. The van der Waals surface area contributed by atoms with E-state index in [0.29, 0.717) is 5.92 Å². The summed E-state index contributed by atoms with van der Waals surface area (Å²) in [5.74, 6) is 0.406. The standard InChI is InChI=1S/C11H13F3N2O/c12-11(13,14)6-17-9-5-8(3-4-16-9)10(15)7-1-2-7/h3-5,7,10H,1-2,6,15H2. The maximum absolute atomic E-state index is 12.0. The molecule has 0 radical (unpaired) electrons. The summed E-state index contributed by atoms with van der Waals surface area (Å²) in [6.45, 7) is -1.33. The number of aromatic nitrogens is 1. The summed E-state index contributed by atoms with van der Waals surface area (Å²) in [5.41, 5.74) is 6.72. The van der Waals surface area contributed by atoms with E-state index in [0.717, 1.165) is 18.4 Å². The fourth-order valence-electron chi connectivity index (χ4n) is 1.59. The molecule has 1 heterocycles.